The molecule has 0 saturated heterocycles. The maximum absolute atomic E-state index is 12.0. The number of carbonyl (C=O) groups is 1. The fourth-order valence-corrected chi connectivity index (χ4v) is 2.19. The van der Waals surface area contributed by atoms with Crippen LogP contribution in [0.3, 0.4) is 0 Å². The average molecular weight is 286 g/mol. The van der Waals surface area contributed by atoms with Crippen molar-refractivity contribution >= 4 is 23.2 Å². The van der Waals surface area contributed by atoms with E-state index in [2.05, 4.69) is 10.1 Å². The van der Waals surface area contributed by atoms with Crippen LogP contribution in [0, 0.1) is 0 Å². The van der Waals surface area contributed by atoms with Gasteiger partial charge in [-0.25, -0.2) is 5.01 Å². The third-order valence-electron chi connectivity index (χ3n) is 3.08. The second-order valence-electron chi connectivity index (χ2n) is 4.54. The molecule has 100 valence electrons. The number of hydrogen-bond acceptors (Lipinski definition) is 3. The number of rotatable bonds is 3. The molecule has 1 aliphatic heterocycles. The summed E-state index contributed by atoms with van der Waals surface area (Å²) in [6, 6.07) is 11.1. The summed E-state index contributed by atoms with van der Waals surface area (Å²) < 4.78 is 0. The monoisotopic (exact) mass is 285 g/mol. The first-order valence-electron chi connectivity index (χ1n) is 6.25. The Morgan fingerprint density at radius 2 is 2.00 bits per heavy atom. The van der Waals surface area contributed by atoms with Crippen LogP contribution in [-0.4, -0.2) is 21.6 Å². The smallest absolute Gasteiger partial charge is 0.249 e. The molecule has 3 rings (SSSR count). The summed E-state index contributed by atoms with van der Waals surface area (Å²) in [6.45, 7) is 0.448. The lowest BCUT2D eigenvalue weighted by molar-refractivity contribution is -0.129. The second-order valence-corrected chi connectivity index (χ2v) is 4.98. The Morgan fingerprint density at radius 3 is 2.70 bits per heavy atom. The molecule has 1 aliphatic rings. The summed E-state index contributed by atoms with van der Waals surface area (Å²) in [5.41, 5.74) is 2.66. The van der Waals surface area contributed by atoms with Crippen molar-refractivity contribution < 1.29 is 4.79 Å². The summed E-state index contributed by atoms with van der Waals surface area (Å²) in [5, 5.41) is 6.55. The number of benzene rings is 1. The topological polar surface area (TPSA) is 45.6 Å². The third-order valence-corrected chi connectivity index (χ3v) is 3.33. The van der Waals surface area contributed by atoms with Gasteiger partial charge in [-0.05, 0) is 29.3 Å². The molecule has 0 bridgehead atoms. The van der Waals surface area contributed by atoms with Crippen molar-refractivity contribution in [1.82, 2.24) is 9.99 Å². The predicted octanol–water partition coefficient (Wildman–Crippen LogP) is 2.87. The van der Waals surface area contributed by atoms with Crippen LogP contribution < -0.4 is 0 Å². The van der Waals surface area contributed by atoms with E-state index in [-0.39, 0.29) is 5.91 Å². The van der Waals surface area contributed by atoms with Crippen LogP contribution in [0.5, 0.6) is 0 Å². The van der Waals surface area contributed by atoms with E-state index in [1.54, 1.807) is 24.5 Å². The maximum Gasteiger partial charge on any atom is 0.249 e. The second kappa shape index (κ2) is 5.43. The molecule has 0 N–H and O–H groups in total. The molecule has 1 amide bonds. The van der Waals surface area contributed by atoms with E-state index >= 15 is 0 Å². The molecule has 0 unspecified atom stereocenters. The minimum absolute atomic E-state index is 0.00111. The SMILES string of the molecule is O=C1CC(c2ccc(Cl)cc2)=NN1Cc1cccnc1. The molecule has 2 aromatic rings. The van der Waals surface area contributed by atoms with Gasteiger partial charge < -0.3 is 0 Å². The van der Waals surface area contributed by atoms with Gasteiger partial charge in [0.1, 0.15) is 0 Å². The number of hydrogen-bond donors (Lipinski definition) is 0. The van der Waals surface area contributed by atoms with Crippen molar-refractivity contribution in [2.24, 2.45) is 5.10 Å². The van der Waals surface area contributed by atoms with Crippen LogP contribution in [0.2, 0.25) is 5.02 Å². The van der Waals surface area contributed by atoms with Crippen LogP contribution in [0.1, 0.15) is 17.5 Å². The first kappa shape index (κ1) is 12.8. The Bertz CT molecular complexity index is 653. The lowest BCUT2D eigenvalue weighted by atomic mass is 10.1. The van der Waals surface area contributed by atoms with Gasteiger partial charge in [0.05, 0.1) is 18.7 Å². The fraction of sp³-hybridized carbons (Fsp3) is 0.133. The molecular formula is C15H12ClN3O. The number of pyridine rings is 1. The standard InChI is InChI=1S/C15H12ClN3O/c16-13-5-3-12(4-6-13)14-8-15(20)19(18-14)10-11-2-1-7-17-9-11/h1-7,9H,8,10H2. The Kier molecular flexibility index (Phi) is 3.48. The largest absolute Gasteiger partial charge is 0.272 e. The molecule has 0 atom stereocenters. The number of nitrogens with zero attached hydrogens (tertiary/aromatic N) is 3. The minimum Gasteiger partial charge on any atom is -0.272 e. The molecule has 0 spiro atoms. The average Bonchev–Trinajstić information content (AvgIpc) is 2.82. The van der Waals surface area contributed by atoms with Crippen molar-refractivity contribution in [2.75, 3.05) is 0 Å². The number of amides is 1. The minimum atomic E-state index is -0.00111. The van der Waals surface area contributed by atoms with Gasteiger partial charge in [-0.2, -0.15) is 5.10 Å². The van der Waals surface area contributed by atoms with E-state index in [1.807, 2.05) is 24.3 Å². The normalized spacial score (nSPS) is 14.6. The Labute approximate surface area is 121 Å². The van der Waals surface area contributed by atoms with Crippen molar-refractivity contribution in [1.29, 1.82) is 0 Å². The van der Waals surface area contributed by atoms with Gasteiger partial charge in [0.2, 0.25) is 5.91 Å². The van der Waals surface area contributed by atoms with E-state index in [0.717, 1.165) is 16.8 Å². The first-order chi connectivity index (χ1) is 9.72. The summed E-state index contributed by atoms with van der Waals surface area (Å²) in [4.78, 5) is 16.0. The Hall–Kier alpha value is -2.20. The number of halogens is 1. The molecule has 0 aliphatic carbocycles. The van der Waals surface area contributed by atoms with Crippen molar-refractivity contribution in [3.63, 3.8) is 0 Å². The molecule has 0 radical (unpaired) electrons. The Balaban J connectivity index is 1.80. The van der Waals surface area contributed by atoms with Crippen molar-refractivity contribution in [3.8, 4) is 0 Å². The molecule has 4 nitrogen and oxygen atoms in total. The lowest BCUT2D eigenvalue weighted by Crippen LogP contribution is -2.20. The van der Waals surface area contributed by atoms with Crippen molar-refractivity contribution in [2.45, 2.75) is 13.0 Å². The van der Waals surface area contributed by atoms with Gasteiger partial charge in [-0.1, -0.05) is 29.8 Å². The maximum atomic E-state index is 12.0. The lowest BCUT2D eigenvalue weighted by Gasteiger charge is -2.10. The summed E-state index contributed by atoms with van der Waals surface area (Å²) >= 11 is 5.86. The third kappa shape index (κ3) is 2.70. The van der Waals surface area contributed by atoms with E-state index in [4.69, 9.17) is 11.6 Å². The molecule has 0 fully saturated rings. The van der Waals surface area contributed by atoms with Crippen molar-refractivity contribution in [3.05, 3.63) is 64.9 Å². The molecule has 2 heterocycles. The van der Waals surface area contributed by atoms with Crippen LogP contribution >= 0.6 is 11.6 Å². The number of carbonyl (C=O) groups excluding carboxylic acids is 1. The predicted molar refractivity (Wildman–Crippen MR) is 77.4 cm³/mol. The first-order valence-corrected chi connectivity index (χ1v) is 6.63. The molecule has 0 saturated carbocycles. The highest BCUT2D eigenvalue weighted by atomic mass is 35.5. The highest BCUT2D eigenvalue weighted by Crippen LogP contribution is 2.19. The van der Waals surface area contributed by atoms with E-state index in [0.29, 0.717) is 18.0 Å². The highest BCUT2D eigenvalue weighted by molar-refractivity contribution is 6.30. The van der Waals surface area contributed by atoms with Gasteiger partial charge in [-0.3, -0.25) is 9.78 Å². The highest BCUT2D eigenvalue weighted by Gasteiger charge is 2.24. The zero-order valence-electron chi connectivity index (χ0n) is 10.7. The molecule has 20 heavy (non-hydrogen) atoms. The van der Waals surface area contributed by atoms with Crippen LogP contribution in [0.4, 0.5) is 0 Å². The van der Waals surface area contributed by atoms with Gasteiger partial charge >= 0.3 is 0 Å². The van der Waals surface area contributed by atoms with Gasteiger partial charge in [0.25, 0.3) is 0 Å². The molecule has 5 heteroatoms. The zero-order valence-corrected chi connectivity index (χ0v) is 11.4. The van der Waals surface area contributed by atoms with E-state index in [1.165, 1.54) is 5.01 Å². The quantitative estimate of drug-likeness (QED) is 0.870. The van der Waals surface area contributed by atoms with Crippen LogP contribution in [-0.2, 0) is 11.3 Å². The molecular weight excluding hydrogens is 274 g/mol. The summed E-state index contributed by atoms with van der Waals surface area (Å²) in [7, 11) is 0. The van der Waals surface area contributed by atoms with Gasteiger partial charge in [0.15, 0.2) is 0 Å². The van der Waals surface area contributed by atoms with Gasteiger partial charge in [-0.15, -0.1) is 0 Å². The van der Waals surface area contributed by atoms with Gasteiger partial charge in [0, 0.05) is 17.4 Å². The number of aromatic nitrogens is 1. The molecule has 1 aromatic heterocycles. The number of hydrazone groups is 1. The summed E-state index contributed by atoms with van der Waals surface area (Å²) in [6.07, 6.45) is 3.77. The van der Waals surface area contributed by atoms with E-state index < -0.39 is 0 Å². The van der Waals surface area contributed by atoms with Crippen LogP contribution in [0.25, 0.3) is 0 Å². The fourth-order valence-electron chi connectivity index (χ4n) is 2.06. The van der Waals surface area contributed by atoms with E-state index in [9.17, 15) is 4.79 Å². The summed E-state index contributed by atoms with van der Waals surface area (Å²) in [5.74, 6) is -0.00111. The zero-order chi connectivity index (χ0) is 13.9. The van der Waals surface area contributed by atoms with Crippen LogP contribution in [0.15, 0.2) is 53.9 Å². The molecule has 1 aromatic carbocycles. The Morgan fingerprint density at radius 1 is 1.20 bits per heavy atom.